The molecule has 3 aromatic rings. The second-order valence-corrected chi connectivity index (χ2v) is 6.83. The number of carbonyl (C=O) groups is 1. The van der Waals surface area contributed by atoms with Gasteiger partial charge in [0.05, 0.1) is 12.9 Å². The van der Waals surface area contributed by atoms with Crippen molar-refractivity contribution >= 4 is 23.4 Å². The molecule has 1 N–H and O–H groups in total. The van der Waals surface area contributed by atoms with Crippen LogP contribution in [0.2, 0.25) is 0 Å². The predicted octanol–water partition coefficient (Wildman–Crippen LogP) is 3.98. The molecule has 0 atom stereocenters. The molecule has 0 saturated carbocycles. The van der Waals surface area contributed by atoms with E-state index >= 15 is 0 Å². The quantitative estimate of drug-likeness (QED) is 0.642. The highest BCUT2D eigenvalue weighted by Crippen LogP contribution is 2.19. The third kappa shape index (κ3) is 4.89. The van der Waals surface area contributed by atoms with E-state index in [-0.39, 0.29) is 5.91 Å². The number of ether oxygens (including phenoxy) is 1. The summed E-state index contributed by atoms with van der Waals surface area (Å²) in [5, 5.41) is 3.74. The molecular weight excluding hydrogens is 346 g/mol. The van der Waals surface area contributed by atoms with Crippen molar-refractivity contribution in [3.8, 4) is 5.75 Å². The van der Waals surface area contributed by atoms with Crippen LogP contribution < -0.4 is 10.1 Å². The summed E-state index contributed by atoms with van der Waals surface area (Å²) in [4.78, 5) is 16.5. The van der Waals surface area contributed by atoms with Crippen LogP contribution in [0, 0.1) is 6.92 Å². The summed E-state index contributed by atoms with van der Waals surface area (Å²) in [7, 11) is 1.65. The standard InChI is InChI=1S/C20H21N3O2S/c1-15-4-3-5-17(12-15)22-19(24)14-26-20-21-10-11-23(20)13-16-6-8-18(25-2)9-7-16/h3-12H,13-14H2,1-2H3,(H,22,24). The number of rotatable bonds is 7. The Morgan fingerprint density at radius 1 is 1.23 bits per heavy atom. The summed E-state index contributed by atoms with van der Waals surface area (Å²) in [6.07, 6.45) is 3.68. The number of aryl methyl sites for hydroxylation is 1. The maximum atomic E-state index is 12.2. The lowest BCUT2D eigenvalue weighted by atomic mass is 10.2. The number of anilines is 1. The molecule has 0 bridgehead atoms. The second-order valence-electron chi connectivity index (χ2n) is 5.89. The highest BCUT2D eigenvalue weighted by atomic mass is 32.2. The summed E-state index contributed by atoms with van der Waals surface area (Å²) >= 11 is 1.43. The number of thioether (sulfide) groups is 1. The highest BCUT2D eigenvalue weighted by Gasteiger charge is 2.09. The number of amides is 1. The minimum absolute atomic E-state index is 0.0420. The molecule has 3 rings (SSSR count). The molecular formula is C20H21N3O2S. The fourth-order valence-electron chi connectivity index (χ4n) is 2.53. The van der Waals surface area contributed by atoms with Crippen LogP contribution in [0.4, 0.5) is 5.69 Å². The fraction of sp³-hybridized carbons (Fsp3) is 0.200. The summed E-state index contributed by atoms with van der Waals surface area (Å²) in [6, 6.07) is 15.7. The number of imidazole rings is 1. The maximum absolute atomic E-state index is 12.2. The van der Waals surface area contributed by atoms with Crippen molar-refractivity contribution in [2.75, 3.05) is 18.2 Å². The fourth-order valence-corrected chi connectivity index (χ4v) is 3.29. The van der Waals surface area contributed by atoms with Gasteiger partial charge in [-0.05, 0) is 42.3 Å². The number of nitrogens with one attached hydrogen (secondary N) is 1. The van der Waals surface area contributed by atoms with E-state index in [1.165, 1.54) is 11.8 Å². The van der Waals surface area contributed by atoms with Gasteiger partial charge < -0.3 is 14.6 Å². The van der Waals surface area contributed by atoms with Gasteiger partial charge >= 0.3 is 0 Å². The zero-order valence-corrected chi connectivity index (χ0v) is 15.6. The Morgan fingerprint density at radius 2 is 2.04 bits per heavy atom. The molecule has 2 aromatic carbocycles. The monoisotopic (exact) mass is 367 g/mol. The molecule has 0 radical (unpaired) electrons. The lowest BCUT2D eigenvalue weighted by Gasteiger charge is -2.09. The van der Waals surface area contributed by atoms with Crippen molar-refractivity contribution in [1.82, 2.24) is 9.55 Å². The number of hydrogen-bond acceptors (Lipinski definition) is 4. The Hall–Kier alpha value is -2.73. The Morgan fingerprint density at radius 3 is 2.77 bits per heavy atom. The Kier molecular flexibility index (Phi) is 5.96. The number of nitrogens with zero attached hydrogens (tertiary/aromatic N) is 2. The van der Waals surface area contributed by atoms with E-state index in [0.717, 1.165) is 27.7 Å². The van der Waals surface area contributed by atoms with Crippen LogP contribution in [0.1, 0.15) is 11.1 Å². The van der Waals surface area contributed by atoms with Crippen LogP contribution >= 0.6 is 11.8 Å². The smallest absolute Gasteiger partial charge is 0.234 e. The van der Waals surface area contributed by atoms with Crippen LogP contribution in [0.5, 0.6) is 5.75 Å². The molecule has 0 aliphatic rings. The molecule has 1 heterocycles. The Bertz CT molecular complexity index is 875. The zero-order valence-electron chi connectivity index (χ0n) is 14.8. The van der Waals surface area contributed by atoms with Gasteiger partial charge in [0.15, 0.2) is 5.16 Å². The van der Waals surface area contributed by atoms with E-state index in [1.807, 2.05) is 66.2 Å². The largest absolute Gasteiger partial charge is 0.497 e. The normalized spacial score (nSPS) is 10.5. The van der Waals surface area contributed by atoms with Gasteiger partial charge in [-0.25, -0.2) is 4.98 Å². The minimum Gasteiger partial charge on any atom is -0.497 e. The third-order valence-corrected chi connectivity index (χ3v) is 4.83. The molecule has 1 aromatic heterocycles. The van der Waals surface area contributed by atoms with Gasteiger partial charge in [-0.2, -0.15) is 0 Å². The van der Waals surface area contributed by atoms with Crippen LogP contribution in [0.25, 0.3) is 0 Å². The minimum atomic E-state index is -0.0420. The molecule has 0 unspecified atom stereocenters. The molecule has 5 nitrogen and oxygen atoms in total. The van der Waals surface area contributed by atoms with E-state index in [1.54, 1.807) is 13.3 Å². The number of carbonyl (C=O) groups excluding carboxylic acids is 1. The number of aromatic nitrogens is 2. The molecule has 134 valence electrons. The van der Waals surface area contributed by atoms with Gasteiger partial charge in [-0.15, -0.1) is 0 Å². The number of benzene rings is 2. The lowest BCUT2D eigenvalue weighted by molar-refractivity contribution is -0.113. The van der Waals surface area contributed by atoms with Crippen LogP contribution in [0.15, 0.2) is 66.1 Å². The first-order chi connectivity index (χ1) is 12.6. The first-order valence-electron chi connectivity index (χ1n) is 8.27. The van der Waals surface area contributed by atoms with Gasteiger partial charge in [0.1, 0.15) is 5.75 Å². The summed E-state index contributed by atoms with van der Waals surface area (Å²) in [5.41, 5.74) is 3.08. The average molecular weight is 367 g/mol. The maximum Gasteiger partial charge on any atom is 0.234 e. The molecule has 0 fully saturated rings. The molecule has 6 heteroatoms. The average Bonchev–Trinajstić information content (AvgIpc) is 3.08. The highest BCUT2D eigenvalue weighted by molar-refractivity contribution is 7.99. The topological polar surface area (TPSA) is 56.2 Å². The van der Waals surface area contributed by atoms with Crippen molar-refractivity contribution in [3.63, 3.8) is 0 Å². The van der Waals surface area contributed by atoms with Crippen molar-refractivity contribution in [1.29, 1.82) is 0 Å². The van der Waals surface area contributed by atoms with E-state index in [9.17, 15) is 4.79 Å². The van der Waals surface area contributed by atoms with Gasteiger partial charge in [0.25, 0.3) is 0 Å². The van der Waals surface area contributed by atoms with Crippen molar-refractivity contribution < 1.29 is 9.53 Å². The summed E-state index contributed by atoms with van der Waals surface area (Å²) < 4.78 is 7.22. The molecule has 0 aliphatic heterocycles. The second kappa shape index (κ2) is 8.58. The SMILES string of the molecule is COc1ccc(Cn2ccnc2SCC(=O)Nc2cccc(C)c2)cc1. The Balaban J connectivity index is 1.57. The zero-order chi connectivity index (χ0) is 18.4. The van der Waals surface area contributed by atoms with Crippen LogP contribution in [-0.2, 0) is 11.3 Å². The first kappa shape index (κ1) is 18.1. The van der Waals surface area contributed by atoms with Gasteiger partial charge in [-0.3, -0.25) is 4.79 Å². The summed E-state index contributed by atoms with van der Waals surface area (Å²) in [6.45, 7) is 2.70. The van der Waals surface area contributed by atoms with E-state index in [2.05, 4.69) is 10.3 Å². The first-order valence-corrected chi connectivity index (χ1v) is 9.26. The third-order valence-electron chi connectivity index (χ3n) is 3.82. The molecule has 0 spiro atoms. The van der Waals surface area contributed by atoms with Crippen molar-refractivity contribution in [2.24, 2.45) is 0 Å². The van der Waals surface area contributed by atoms with E-state index in [4.69, 9.17) is 4.74 Å². The van der Waals surface area contributed by atoms with Gasteiger partial charge in [-0.1, -0.05) is 36.0 Å². The van der Waals surface area contributed by atoms with E-state index < -0.39 is 0 Å². The Labute approximate surface area is 157 Å². The van der Waals surface area contributed by atoms with Crippen molar-refractivity contribution in [3.05, 3.63) is 72.1 Å². The molecule has 0 aliphatic carbocycles. The lowest BCUT2D eigenvalue weighted by Crippen LogP contribution is -2.14. The van der Waals surface area contributed by atoms with Crippen LogP contribution in [0.3, 0.4) is 0 Å². The summed E-state index contributed by atoms with van der Waals surface area (Å²) in [5.74, 6) is 1.11. The van der Waals surface area contributed by atoms with Crippen LogP contribution in [-0.4, -0.2) is 28.3 Å². The van der Waals surface area contributed by atoms with Gasteiger partial charge in [0.2, 0.25) is 5.91 Å². The van der Waals surface area contributed by atoms with E-state index in [0.29, 0.717) is 12.3 Å². The molecule has 26 heavy (non-hydrogen) atoms. The van der Waals surface area contributed by atoms with Crippen molar-refractivity contribution in [2.45, 2.75) is 18.6 Å². The molecule has 1 amide bonds. The molecule has 0 saturated heterocycles. The number of methoxy groups -OCH3 is 1. The number of hydrogen-bond donors (Lipinski definition) is 1. The predicted molar refractivity (Wildman–Crippen MR) is 105 cm³/mol. The van der Waals surface area contributed by atoms with Gasteiger partial charge in [0, 0.05) is 24.6 Å².